The second kappa shape index (κ2) is 14.9. The van der Waals surface area contributed by atoms with Crippen molar-refractivity contribution in [3.63, 3.8) is 0 Å². The minimum atomic E-state index is -0.295. The van der Waals surface area contributed by atoms with Crippen LogP contribution in [0.25, 0.3) is 11.0 Å². The standard InChI is InChI=1S/C28H36O4/c1-2-3-4-5-6-7-8-9-10-11-12-13-14-15-16-17-18-19-24-22-26(31)28-25(30)20-23(29)21-27(28)32-24/h6-7,9-10,12-13,15-16,20-22,29-30H,2-5,8,11,14,17-19H2,1H3/b7-6-,10-9-,13-12-,16-15-. The van der Waals surface area contributed by atoms with E-state index in [2.05, 4.69) is 55.5 Å². The van der Waals surface area contributed by atoms with E-state index in [1.54, 1.807) is 0 Å². The van der Waals surface area contributed by atoms with Gasteiger partial charge in [-0.15, -0.1) is 0 Å². The van der Waals surface area contributed by atoms with E-state index < -0.39 is 0 Å². The molecule has 0 bridgehead atoms. The molecule has 1 aromatic carbocycles. The summed E-state index contributed by atoms with van der Waals surface area (Å²) in [5.74, 6) is 0.168. The molecule has 0 aliphatic heterocycles. The Bertz CT molecular complexity index is 992. The highest BCUT2D eigenvalue weighted by molar-refractivity contribution is 5.84. The quantitative estimate of drug-likeness (QED) is 0.237. The number of hydrogen-bond acceptors (Lipinski definition) is 4. The Labute approximate surface area is 191 Å². The van der Waals surface area contributed by atoms with Crippen LogP contribution in [0.5, 0.6) is 11.5 Å². The van der Waals surface area contributed by atoms with Gasteiger partial charge >= 0.3 is 0 Å². The van der Waals surface area contributed by atoms with Gasteiger partial charge in [0.05, 0.1) is 0 Å². The van der Waals surface area contributed by atoms with Crippen molar-refractivity contribution in [1.82, 2.24) is 0 Å². The van der Waals surface area contributed by atoms with E-state index in [4.69, 9.17) is 4.42 Å². The number of unbranched alkanes of at least 4 members (excludes halogenated alkanes) is 4. The third-order valence-corrected chi connectivity index (χ3v) is 5.10. The molecule has 172 valence electrons. The van der Waals surface area contributed by atoms with Crippen molar-refractivity contribution in [2.45, 2.75) is 71.1 Å². The van der Waals surface area contributed by atoms with Crippen molar-refractivity contribution < 1.29 is 14.6 Å². The highest BCUT2D eigenvalue weighted by Gasteiger charge is 2.10. The molecule has 0 aliphatic carbocycles. The number of aromatic hydroxyl groups is 2. The fraction of sp³-hybridized carbons (Fsp3) is 0.393. The van der Waals surface area contributed by atoms with Crippen LogP contribution in [0.1, 0.15) is 70.5 Å². The molecule has 2 aromatic rings. The summed E-state index contributed by atoms with van der Waals surface area (Å²) in [6.45, 7) is 2.23. The molecule has 0 amide bonds. The predicted octanol–water partition coefficient (Wildman–Crippen LogP) is 7.50. The van der Waals surface area contributed by atoms with Gasteiger partial charge in [0, 0.05) is 24.6 Å². The van der Waals surface area contributed by atoms with Crippen molar-refractivity contribution in [1.29, 1.82) is 0 Å². The van der Waals surface area contributed by atoms with Gasteiger partial charge in [-0.2, -0.15) is 0 Å². The molecule has 32 heavy (non-hydrogen) atoms. The zero-order valence-electron chi connectivity index (χ0n) is 19.1. The molecule has 0 saturated heterocycles. The molecule has 4 heteroatoms. The minimum absolute atomic E-state index is 0.104. The molecule has 1 aromatic heterocycles. The maximum absolute atomic E-state index is 12.2. The summed E-state index contributed by atoms with van der Waals surface area (Å²) in [6.07, 6.45) is 27.9. The Morgan fingerprint density at radius 3 is 2.00 bits per heavy atom. The molecule has 0 fully saturated rings. The lowest BCUT2D eigenvalue weighted by molar-refractivity contribution is 0.450. The maximum Gasteiger partial charge on any atom is 0.196 e. The number of phenols is 2. The van der Waals surface area contributed by atoms with Gasteiger partial charge in [0.1, 0.15) is 28.2 Å². The molecule has 0 radical (unpaired) electrons. The van der Waals surface area contributed by atoms with Crippen LogP contribution in [0.4, 0.5) is 0 Å². The lowest BCUT2D eigenvalue weighted by atomic mass is 10.1. The number of fused-ring (bicyclic) bond motifs is 1. The summed E-state index contributed by atoms with van der Waals surface area (Å²) in [7, 11) is 0. The Balaban J connectivity index is 1.61. The zero-order chi connectivity index (χ0) is 23.0. The van der Waals surface area contributed by atoms with E-state index in [0.717, 1.165) is 38.2 Å². The topological polar surface area (TPSA) is 70.7 Å². The second-order valence-electron chi connectivity index (χ2n) is 7.90. The number of rotatable bonds is 14. The average molecular weight is 437 g/mol. The van der Waals surface area contributed by atoms with Crippen molar-refractivity contribution >= 4 is 11.0 Å². The SMILES string of the molecule is CCCCC/C=C\C/C=C\C/C=C\C/C=C\CCCc1cc(=O)c2c(O)cc(O)cc2o1. The van der Waals surface area contributed by atoms with Crippen LogP contribution >= 0.6 is 0 Å². The van der Waals surface area contributed by atoms with Crippen molar-refractivity contribution in [3.8, 4) is 11.5 Å². The Kier molecular flexibility index (Phi) is 11.8. The normalized spacial score (nSPS) is 12.4. The van der Waals surface area contributed by atoms with E-state index in [9.17, 15) is 15.0 Å². The summed E-state index contributed by atoms with van der Waals surface area (Å²) in [4.78, 5) is 12.2. The molecule has 1 heterocycles. The zero-order valence-corrected chi connectivity index (χ0v) is 19.1. The largest absolute Gasteiger partial charge is 0.508 e. The van der Waals surface area contributed by atoms with Crippen molar-refractivity contribution in [2.75, 3.05) is 0 Å². The van der Waals surface area contributed by atoms with E-state index in [1.807, 2.05) is 0 Å². The first-order chi connectivity index (χ1) is 15.6. The molecule has 2 rings (SSSR count). The Morgan fingerprint density at radius 2 is 1.38 bits per heavy atom. The predicted molar refractivity (Wildman–Crippen MR) is 133 cm³/mol. The first kappa shape index (κ1) is 25.3. The fourth-order valence-corrected chi connectivity index (χ4v) is 3.38. The Morgan fingerprint density at radius 1 is 0.781 bits per heavy atom. The van der Waals surface area contributed by atoms with Crippen LogP contribution < -0.4 is 5.43 Å². The van der Waals surface area contributed by atoms with E-state index >= 15 is 0 Å². The summed E-state index contributed by atoms with van der Waals surface area (Å²) in [5.41, 5.74) is -0.0841. The summed E-state index contributed by atoms with van der Waals surface area (Å²) >= 11 is 0. The fourth-order valence-electron chi connectivity index (χ4n) is 3.38. The number of benzene rings is 1. The number of hydrogen-bond donors (Lipinski definition) is 2. The van der Waals surface area contributed by atoms with Gasteiger partial charge < -0.3 is 14.6 Å². The lowest BCUT2D eigenvalue weighted by Gasteiger charge is -2.04. The van der Waals surface area contributed by atoms with Crippen molar-refractivity contribution in [2.24, 2.45) is 0 Å². The van der Waals surface area contributed by atoms with Crippen LogP contribution in [-0.4, -0.2) is 10.2 Å². The molecular weight excluding hydrogens is 400 g/mol. The van der Waals surface area contributed by atoms with E-state index in [0.29, 0.717) is 12.2 Å². The molecule has 0 unspecified atom stereocenters. The maximum atomic E-state index is 12.2. The molecular formula is C28H36O4. The van der Waals surface area contributed by atoms with Crippen LogP contribution in [0.15, 0.2) is 76.0 Å². The first-order valence-electron chi connectivity index (χ1n) is 11.7. The third-order valence-electron chi connectivity index (χ3n) is 5.10. The van der Waals surface area contributed by atoms with Crippen LogP contribution in [0.3, 0.4) is 0 Å². The molecule has 0 atom stereocenters. The number of aryl methyl sites for hydroxylation is 1. The first-order valence-corrected chi connectivity index (χ1v) is 11.7. The van der Waals surface area contributed by atoms with Gasteiger partial charge in [-0.3, -0.25) is 4.79 Å². The lowest BCUT2D eigenvalue weighted by Crippen LogP contribution is -2.02. The van der Waals surface area contributed by atoms with E-state index in [1.165, 1.54) is 37.8 Å². The summed E-state index contributed by atoms with van der Waals surface area (Å²) < 4.78 is 5.67. The highest BCUT2D eigenvalue weighted by Crippen LogP contribution is 2.28. The van der Waals surface area contributed by atoms with Gasteiger partial charge in [0.2, 0.25) is 0 Å². The van der Waals surface area contributed by atoms with Gasteiger partial charge in [-0.05, 0) is 44.9 Å². The van der Waals surface area contributed by atoms with Gasteiger partial charge in [-0.1, -0.05) is 68.4 Å². The minimum Gasteiger partial charge on any atom is -0.508 e. The van der Waals surface area contributed by atoms with Gasteiger partial charge in [-0.25, -0.2) is 0 Å². The molecule has 0 saturated carbocycles. The van der Waals surface area contributed by atoms with Crippen molar-refractivity contribution in [3.05, 3.63) is 82.8 Å². The van der Waals surface area contributed by atoms with E-state index in [-0.39, 0.29) is 27.9 Å². The number of phenolic OH excluding ortho intramolecular Hbond substituents is 2. The monoisotopic (exact) mass is 436 g/mol. The molecule has 2 N–H and O–H groups in total. The molecule has 4 nitrogen and oxygen atoms in total. The third kappa shape index (κ3) is 9.42. The smallest absolute Gasteiger partial charge is 0.196 e. The molecule has 0 spiro atoms. The second-order valence-corrected chi connectivity index (χ2v) is 7.90. The number of allylic oxidation sites excluding steroid dienone is 8. The summed E-state index contributed by atoms with van der Waals surface area (Å²) in [6, 6.07) is 3.91. The van der Waals surface area contributed by atoms with Crippen LogP contribution in [0.2, 0.25) is 0 Å². The van der Waals surface area contributed by atoms with Crippen LogP contribution in [-0.2, 0) is 6.42 Å². The van der Waals surface area contributed by atoms with Gasteiger partial charge in [0.25, 0.3) is 0 Å². The Hall–Kier alpha value is -3.01. The highest BCUT2D eigenvalue weighted by atomic mass is 16.3. The summed E-state index contributed by atoms with van der Waals surface area (Å²) in [5, 5.41) is 19.5. The molecule has 0 aliphatic rings. The average Bonchev–Trinajstić information content (AvgIpc) is 2.75. The van der Waals surface area contributed by atoms with Crippen LogP contribution in [0, 0.1) is 0 Å². The van der Waals surface area contributed by atoms with Gasteiger partial charge in [0.15, 0.2) is 5.43 Å².